The monoisotopic (exact) mass is 276 g/mol. The maximum atomic E-state index is 10.7. The molecule has 1 aliphatic rings. The number of rotatable bonds is 6. The second-order valence-electron chi connectivity index (χ2n) is 5.98. The summed E-state index contributed by atoms with van der Waals surface area (Å²) in [7, 11) is 0. The van der Waals surface area contributed by atoms with Gasteiger partial charge >= 0.3 is 0 Å². The molecule has 0 bridgehead atoms. The Kier molecular flexibility index (Phi) is 5.90. The lowest BCUT2D eigenvalue weighted by Crippen LogP contribution is -2.25. The summed E-state index contributed by atoms with van der Waals surface area (Å²) >= 11 is 0. The van der Waals surface area contributed by atoms with Crippen LogP contribution in [0, 0.1) is 11.8 Å². The van der Waals surface area contributed by atoms with Crippen LogP contribution in [0.25, 0.3) is 0 Å². The van der Waals surface area contributed by atoms with Crippen molar-refractivity contribution in [1.82, 2.24) is 0 Å². The molecule has 0 spiro atoms. The highest BCUT2D eigenvalue weighted by atomic mass is 16.5. The fourth-order valence-electron chi connectivity index (χ4n) is 3.39. The third-order valence-electron chi connectivity index (χ3n) is 4.59. The van der Waals surface area contributed by atoms with Gasteiger partial charge in [-0.3, -0.25) is 0 Å². The van der Waals surface area contributed by atoms with E-state index >= 15 is 0 Å². The number of benzene rings is 1. The average Bonchev–Trinajstić information content (AvgIpc) is 2.52. The molecule has 3 unspecified atom stereocenters. The van der Waals surface area contributed by atoms with E-state index in [0.29, 0.717) is 11.8 Å². The van der Waals surface area contributed by atoms with Gasteiger partial charge in [-0.1, -0.05) is 51.7 Å². The van der Waals surface area contributed by atoms with E-state index in [4.69, 9.17) is 4.74 Å². The topological polar surface area (TPSA) is 29.5 Å². The minimum Gasteiger partial charge on any atom is -0.494 e. The summed E-state index contributed by atoms with van der Waals surface area (Å²) in [5.74, 6) is 2.00. The smallest absolute Gasteiger partial charge is 0.119 e. The van der Waals surface area contributed by atoms with E-state index in [9.17, 15) is 5.11 Å². The standard InChI is InChI=1S/C18H28O2/c1-3-13-20-16-11-9-15(10-12-16)18(19)17-8-6-5-7-14(17)4-2/h9-12,14,17-19H,3-8,13H2,1-2H3. The summed E-state index contributed by atoms with van der Waals surface area (Å²) in [6, 6.07) is 8.02. The molecule has 0 radical (unpaired) electrons. The second-order valence-corrected chi connectivity index (χ2v) is 5.98. The molecule has 2 heteroatoms. The van der Waals surface area contributed by atoms with E-state index < -0.39 is 0 Å². The quantitative estimate of drug-likeness (QED) is 0.814. The molecule has 1 saturated carbocycles. The first-order chi connectivity index (χ1) is 9.76. The normalized spacial score (nSPS) is 24.4. The first-order valence-electron chi connectivity index (χ1n) is 8.17. The molecule has 1 aliphatic carbocycles. The van der Waals surface area contributed by atoms with Crippen LogP contribution in [0.4, 0.5) is 0 Å². The summed E-state index contributed by atoms with van der Waals surface area (Å²) < 4.78 is 5.60. The summed E-state index contributed by atoms with van der Waals surface area (Å²) in [5.41, 5.74) is 1.04. The molecule has 0 heterocycles. The van der Waals surface area contributed by atoms with Crippen LogP contribution in [-0.2, 0) is 0 Å². The molecular weight excluding hydrogens is 248 g/mol. The Morgan fingerprint density at radius 2 is 1.85 bits per heavy atom. The molecule has 1 fully saturated rings. The molecule has 0 amide bonds. The Hall–Kier alpha value is -1.02. The van der Waals surface area contributed by atoms with Crippen molar-refractivity contribution in [1.29, 1.82) is 0 Å². The van der Waals surface area contributed by atoms with Gasteiger partial charge in [-0.25, -0.2) is 0 Å². The molecule has 0 aliphatic heterocycles. The Labute approximate surface area is 123 Å². The lowest BCUT2D eigenvalue weighted by molar-refractivity contribution is 0.0451. The number of aliphatic hydroxyl groups excluding tert-OH is 1. The van der Waals surface area contributed by atoms with Gasteiger partial charge in [-0.05, 0) is 42.4 Å². The van der Waals surface area contributed by atoms with Crippen LogP contribution < -0.4 is 4.74 Å². The van der Waals surface area contributed by atoms with Gasteiger partial charge in [0.1, 0.15) is 5.75 Å². The van der Waals surface area contributed by atoms with Crippen molar-refractivity contribution in [3.63, 3.8) is 0 Å². The van der Waals surface area contributed by atoms with Crippen molar-refractivity contribution in [3.8, 4) is 5.75 Å². The fraction of sp³-hybridized carbons (Fsp3) is 0.667. The minimum atomic E-state index is -0.319. The lowest BCUT2D eigenvalue weighted by Gasteiger charge is -2.34. The Morgan fingerprint density at radius 1 is 1.15 bits per heavy atom. The van der Waals surface area contributed by atoms with E-state index in [1.54, 1.807) is 0 Å². The van der Waals surface area contributed by atoms with Crippen LogP contribution in [0.3, 0.4) is 0 Å². The third-order valence-corrected chi connectivity index (χ3v) is 4.59. The van der Waals surface area contributed by atoms with Gasteiger partial charge in [0, 0.05) is 0 Å². The fourth-order valence-corrected chi connectivity index (χ4v) is 3.39. The average molecular weight is 276 g/mol. The molecule has 1 aromatic carbocycles. The Bertz CT molecular complexity index is 385. The van der Waals surface area contributed by atoms with Crippen LogP contribution in [0.1, 0.15) is 64.0 Å². The molecule has 1 N–H and O–H groups in total. The highest BCUT2D eigenvalue weighted by molar-refractivity contribution is 5.29. The van der Waals surface area contributed by atoms with Crippen molar-refractivity contribution >= 4 is 0 Å². The molecule has 0 aromatic heterocycles. The largest absolute Gasteiger partial charge is 0.494 e. The molecule has 112 valence electrons. The second kappa shape index (κ2) is 7.68. The summed E-state index contributed by atoms with van der Waals surface area (Å²) in [6.45, 7) is 5.10. The zero-order valence-electron chi connectivity index (χ0n) is 12.8. The van der Waals surface area contributed by atoms with Gasteiger partial charge in [-0.2, -0.15) is 0 Å². The molecule has 2 nitrogen and oxygen atoms in total. The number of hydrogen-bond acceptors (Lipinski definition) is 2. The van der Waals surface area contributed by atoms with Crippen LogP contribution in [0.5, 0.6) is 5.75 Å². The van der Waals surface area contributed by atoms with Crippen molar-refractivity contribution < 1.29 is 9.84 Å². The molecule has 20 heavy (non-hydrogen) atoms. The number of hydrogen-bond donors (Lipinski definition) is 1. The van der Waals surface area contributed by atoms with Crippen molar-refractivity contribution in [2.75, 3.05) is 6.61 Å². The SMILES string of the molecule is CCCOc1ccc(C(O)C2CCCCC2CC)cc1. The van der Waals surface area contributed by atoms with Crippen molar-refractivity contribution in [2.45, 2.75) is 58.5 Å². The zero-order valence-corrected chi connectivity index (χ0v) is 12.8. The molecule has 1 aromatic rings. The number of aliphatic hydroxyl groups is 1. The van der Waals surface area contributed by atoms with E-state index in [1.807, 2.05) is 24.3 Å². The predicted molar refractivity (Wildman–Crippen MR) is 82.9 cm³/mol. The minimum absolute atomic E-state index is 0.319. The Balaban J connectivity index is 2.02. The molecule has 2 rings (SSSR count). The van der Waals surface area contributed by atoms with Gasteiger partial charge in [-0.15, -0.1) is 0 Å². The Morgan fingerprint density at radius 3 is 2.50 bits per heavy atom. The van der Waals surface area contributed by atoms with E-state index in [2.05, 4.69) is 13.8 Å². The van der Waals surface area contributed by atoms with Crippen molar-refractivity contribution in [2.24, 2.45) is 11.8 Å². The first-order valence-corrected chi connectivity index (χ1v) is 8.17. The number of ether oxygens (including phenoxy) is 1. The maximum Gasteiger partial charge on any atom is 0.119 e. The van der Waals surface area contributed by atoms with Gasteiger partial charge in [0.2, 0.25) is 0 Å². The van der Waals surface area contributed by atoms with Crippen LogP contribution in [0.2, 0.25) is 0 Å². The molecular formula is C18H28O2. The van der Waals surface area contributed by atoms with E-state index in [1.165, 1.54) is 25.7 Å². The third kappa shape index (κ3) is 3.76. The highest BCUT2D eigenvalue weighted by Crippen LogP contribution is 2.40. The summed E-state index contributed by atoms with van der Waals surface area (Å²) in [6.07, 6.45) is 6.90. The van der Waals surface area contributed by atoms with Crippen LogP contribution >= 0.6 is 0 Å². The lowest BCUT2D eigenvalue weighted by atomic mass is 9.73. The van der Waals surface area contributed by atoms with Crippen LogP contribution in [0.15, 0.2) is 24.3 Å². The van der Waals surface area contributed by atoms with E-state index in [-0.39, 0.29) is 6.10 Å². The maximum absolute atomic E-state index is 10.7. The van der Waals surface area contributed by atoms with Gasteiger partial charge in [0.15, 0.2) is 0 Å². The first kappa shape index (κ1) is 15.4. The van der Waals surface area contributed by atoms with Gasteiger partial charge in [0.05, 0.1) is 12.7 Å². The van der Waals surface area contributed by atoms with Gasteiger partial charge in [0.25, 0.3) is 0 Å². The molecule has 3 atom stereocenters. The zero-order chi connectivity index (χ0) is 14.4. The molecule has 0 saturated heterocycles. The summed E-state index contributed by atoms with van der Waals surface area (Å²) in [4.78, 5) is 0. The van der Waals surface area contributed by atoms with Gasteiger partial charge < -0.3 is 9.84 Å². The van der Waals surface area contributed by atoms with Crippen LogP contribution in [-0.4, -0.2) is 11.7 Å². The predicted octanol–water partition coefficient (Wildman–Crippen LogP) is 4.73. The van der Waals surface area contributed by atoms with E-state index in [0.717, 1.165) is 30.8 Å². The summed E-state index contributed by atoms with van der Waals surface area (Å²) in [5, 5.41) is 10.7. The van der Waals surface area contributed by atoms with Crippen molar-refractivity contribution in [3.05, 3.63) is 29.8 Å². The highest BCUT2D eigenvalue weighted by Gasteiger charge is 2.30.